The Balaban J connectivity index is 1.63. The second-order valence-electron chi connectivity index (χ2n) is 8.83. The summed E-state index contributed by atoms with van der Waals surface area (Å²) < 4.78 is 26.5. The molecule has 2 aromatic rings. The first-order chi connectivity index (χ1) is 13.9. The fourth-order valence-electron chi connectivity index (χ4n) is 6.35. The number of nitrogens with zero attached hydrogens (tertiary/aromatic N) is 1. The van der Waals surface area contributed by atoms with Gasteiger partial charge >= 0.3 is 0 Å². The standard InChI is InChI=1S/C23H21NO4S/c1-13-6-8-14(9-7-13)29(27,28)23-12-17-18(10-11-19(17)25)24-20(22(23)26)15-4-2-3-5-16(15)21(23)24/h2-9,17-18,20-21H,10-12H2,1H3/t17-,18+,20?,21?,23?/m0/s1. The molecule has 2 aromatic carbocycles. The van der Waals surface area contributed by atoms with Crippen LogP contribution in [0, 0.1) is 12.8 Å². The van der Waals surface area contributed by atoms with Gasteiger partial charge in [0.1, 0.15) is 5.78 Å². The predicted octanol–water partition coefficient (Wildman–Crippen LogP) is 2.94. The number of rotatable bonds is 2. The van der Waals surface area contributed by atoms with Crippen molar-refractivity contribution >= 4 is 21.4 Å². The Morgan fingerprint density at radius 3 is 2.41 bits per heavy atom. The van der Waals surface area contributed by atoms with Crippen molar-refractivity contribution in [2.24, 2.45) is 5.92 Å². The maximum absolute atomic E-state index is 14.0. The van der Waals surface area contributed by atoms with E-state index in [1.54, 1.807) is 24.3 Å². The van der Waals surface area contributed by atoms with Gasteiger partial charge in [0, 0.05) is 18.4 Å². The Labute approximate surface area is 169 Å². The molecule has 29 heavy (non-hydrogen) atoms. The molecule has 6 rings (SSSR count). The first-order valence-corrected chi connectivity index (χ1v) is 11.6. The monoisotopic (exact) mass is 407 g/mol. The summed E-state index contributed by atoms with van der Waals surface area (Å²) in [4.78, 5) is 28.7. The molecule has 6 heteroatoms. The summed E-state index contributed by atoms with van der Waals surface area (Å²) in [6.45, 7) is 1.90. The van der Waals surface area contributed by atoms with Crippen molar-refractivity contribution in [1.82, 2.24) is 4.90 Å². The smallest absolute Gasteiger partial charge is 0.193 e. The van der Waals surface area contributed by atoms with Crippen molar-refractivity contribution in [3.63, 3.8) is 0 Å². The van der Waals surface area contributed by atoms with E-state index in [2.05, 4.69) is 4.90 Å². The van der Waals surface area contributed by atoms with Crippen LogP contribution in [-0.4, -0.2) is 35.7 Å². The molecule has 1 aliphatic carbocycles. The molecule has 4 aliphatic rings. The van der Waals surface area contributed by atoms with Crippen LogP contribution in [0.4, 0.5) is 0 Å². The fourth-order valence-corrected chi connectivity index (χ4v) is 8.58. The first-order valence-electron chi connectivity index (χ1n) is 10.1. The average molecular weight is 407 g/mol. The van der Waals surface area contributed by atoms with Crippen LogP contribution in [0.2, 0.25) is 0 Å². The van der Waals surface area contributed by atoms with E-state index in [0.29, 0.717) is 12.8 Å². The van der Waals surface area contributed by atoms with Gasteiger partial charge in [-0.2, -0.15) is 0 Å². The highest BCUT2D eigenvalue weighted by molar-refractivity contribution is 7.93. The van der Waals surface area contributed by atoms with Gasteiger partial charge in [-0.25, -0.2) is 8.42 Å². The zero-order valence-corrected chi connectivity index (χ0v) is 16.9. The number of benzene rings is 2. The lowest BCUT2D eigenvalue weighted by molar-refractivity contribution is -0.123. The Bertz CT molecular complexity index is 1190. The zero-order chi connectivity index (χ0) is 20.1. The lowest BCUT2D eigenvalue weighted by atomic mass is 9.75. The minimum Gasteiger partial charge on any atom is -0.299 e. The van der Waals surface area contributed by atoms with Gasteiger partial charge in [-0.1, -0.05) is 42.0 Å². The highest BCUT2D eigenvalue weighted by Crippen LogP contribution is 2.67. The van der Waals surface area contributed by atoms with E-state index in [1.807, 2.05) is 31.2 Å². The third-order valence-electron chi connectivity index (χ3n) is 7.57. The van der Waals surface area contributed by atoms with Crippen LogP contribution in [0.25, 0.3) is 0 Å². The van der Waals surface area contributed by atoms with Gasteiger partial charge in [0.2, 0.25) is 0 Å². The van der Waals surface area contributed by atoms with E-state index in [-0.39, 0.29) is 34.8 Å². The molecule has 0 N–H and O–H groups in total. The molecule has 5 nitrogen and oxygen atoms in total. The Kier molecular flexibility index (Phi) is 3.29. The minimum absolute atomic E-state index is 0.0438. The molecule has 0 amide bonds. The van der Waals surface area contributed by atoms with Crippen molar-refractivity contribution < 1.29 is 18.0 Å². The van der Waals surface area contributed by atoms with Gasteiger partial charge in [-0.3, -0.25) is 14.5 Å². The summed E-state index contributed by atoms with van der Waals surface area (Å²) >= 11 is 0. The van der Waals surface area contributed by atoms with E-state index in [9.17, 15) is 18.0 Å². The number of hydrogen-bond acceptors (Lipinski definition) is 5. The SMILES string of the molecule is Cc1ccc(S(=O)(=O)C23C[C@@H]4C(=O)CC[C@H]4N4C(C2=O)c2ccccc2C43)cc1. The molecule has 0 radical (unpaired) electrons. The molecule has 3 aliphatic heterocycles. The third kappa shape index (κ3) is 1.87. The molecule has 1 saturated carbocycles. The van der Waals surface area contributed by atoms with Gasteiger partial charge < -0.3 is 0 Å². The summed E-state index contributed by atoms with van der Waals surface area (Å²) in [6.07, 6.45) is 1.28. The molecular weight excluding hydrogens is 386 g/mol. The number of Topliss-reactive ketones (excluding diaryl/α,β-unsaturated/α-hetero) is 2. The summed E-state index contributed by atoms with van der Waals surface area (Å²) in [5.41, 5.74) is 2.81. The predicted molar refractivity (Wildman–Crippen MR) is 106 cm³/mol. The van der Waals surface area contributed by atoms with Crippen molar-refractivity contribution in [2.45, 2.75) is 54.0 Å². The third-order valence-corrected chi connectivity index (χ3v) is 10.0. The van der Waals surface area contributed by atoms with Crippen LogP contribution in [0.3, 0.4) is 0 Å². The molecule has 0 aromatic heterocycles. The number of carbonyl (C=O) groups is 2. The van der Waals surface area contributed by atoms with Crippen LogP contribution in [0.15, 0.2) is 53.4 Å². The molecule has 3 heterocycles. The van der Waals surface area contributed by atoms with Crippen molar-refractivity contribution in [2.75, 3.05) is 0 Å². The van der Waals surface area contributed by atoms with Crippen LogP contribution >= 0.6 is 0 Å². The summed E-state index contributed by atoms with van der Waals surface area (Å²) in [6, 6.07) is 13.3. The molecular formula is C23H21NO4S. The minimum atomic E-state index is -3.98. The molecule has 4 unspecified atom stereocenters. The molecule has 3 fully saturated rings. The van der Waals surface area contributed by atoms with Gasteiger partial charge in [0.05, 0.1) is 17.0 Å². The van der Waals surface area contributed by atoms with E-state index in [4.69, 9.17) is 0 Å². The number of fused-ring (bicyclic) bond motifs is 3. The number of aryl methyl sites for hydroxylation is 1. The zero-order valence-electron chi connectivity index (χ0n) is 16.0. The van der Waals surface area contributed by atoms with Crippen molar-refractivity contribution in [1.29, 1.82) is 0 Å². The Morgan fingerprint density at radius 1 is 1.00 bits per heavy atom. The van der Waals surface area contributed by atoms with E-state index in [1.165, 1.54) is 0 Å². The average Bonchev–Trinajstić information content (AvgIpc) is 3.30. The maximum Gasteiger partial charge on any atom is 0.193 e. The normalized spacial score (nSPS) is 36.9. The van der Waals surface area contributed by atoms with E-state index < -0.39 is 26.7 Å². The van der Waals surface area contributed by atoms with Crippen LogP contribution in [0.5, 0.6) is 0 Å². The highest BCUT2D eigenvalue weighted by Gasteiger charge is 2.76. The number of carbonyl (C=O) groups excluding carboxylic acids is 2. The summed E-state index contributed by atoms with van der Waals surface area (Å²) in [5, 5.41) is 0. The first kappa shape index (κ1) is 17.5. The van der Waals surface area contributed by atoms with Gasteiger partial charge in [-0.15, -0.1) is 0 Å². The molecule has 2 saturated heterocycles. The Hall–Kier alpha value is -2.31. The van der Waals surface area contributed by atoms with Gasteiger partial charge in [0.15, 0.2) is 20.4 Å². The number of piperidine rings is 1. The van der Waals surface area contributed by atoms with E-state index in [0.717, 1.165) is 16.7 Å². The topological polar surface area (TPSA) is 71.5 Å². The molecule has 4 bridgehead atoms. The molecule has 148 valence electrons. The van der Waals surface area contributed by atoms with Gasteiger partial charge in [-0.05, 0) is 43.0 Å². The van der Waals surface area contributed by atoms with E-state index >= 15 is 0 Å². The Morgan fingerprint density at radius 2 is 1.69 bits per heavy atom. The second-order valence-corrected chi connectivity index (χ2v) is 11.0. The van der Waals surface area contributed by atoms with Crippen LogP contribution < -0.4 is 0 Å². The maximum atomic E-state index is 14.0. The van der Waals surface area contributed by atoms with Crippen LogP contribution in [-0.2, 0) is 19.4 Å². The second kappa shape index (κ2) is 5.43. The van der Waals surface area contributed by atoms with Crippen LogP contribution in [0.1, 0.15) is 48.0 Å². The summed E-state index contributed by atoms with van der Waals surface area (Å²) in [5.74, 6) is -0.528. The lowest BCUT2D eigenvalue weighted by Gasteiger charge is -2.44. The molecule has 6 atom stereocenters. The van der Waals surface area contributed by atoms with Crippen molar-refractivity contribution in [3.8, 4) is 0 Å². The molecule has 0 spiro atoms. The van der Waals surface area contributed by atoms with Crippen molar-refractivity contribution in [3.05, 3.63) is 65.2 Å². The quantitative estimate of drug-likeness (QED) is 0.765. The summed E-state index contributed by atoms with van der Waals surface area (Å²) in [7, 11) is -3.98. The number of ketones is 2. The lowest BCUT2D eigenvalue weighted by Crippen LogP contribution is -2.56. The van der Waals surface area contributed by atoms with Gasteiger partial charge in [0.25, 0.3) is 0 Å². The number of sulfone groups is 1. The number of hydrogen-bond donors (Lipinski definition) is 0. The largest absolute Gasteiger partial charge is 0.299 e. The fraction of sp³-hybridized carbons (Fsp3) is 0.391. The highest BCUT2D eigenvalue weighted by atomic mass is 32.2.